The molecule has 3 heteroatoms. The first-order valence-corrected chi connectivity index (χ1v) is 5.23. The standard InChI is InChI=1S/C13H15NO2/c1-10-13(2,16-12(15)14(10)3)9-11-7-5-4-6-8-11/h4-8H,1,9H2,2-3H3. The van der Waals surface area contributed by atoms with Crippen molar-refractivity contribution in [3.05, 3.63) is 48.2 Å². The minimum absolute atomic E-state index is 0.330. The minimum Gasteiger partial charge on any atom is -0.436 e. The molecule has 0 saturated carbocycles. The highest BCUT2D eigenvalue weighted by Crippen LogP contribution is 2.33. The number of rotatable bonds is 2. The van der Waals surface area contributed by atoms with Gasteiger partial charge < -0.3 is 4.74 Å². The quantitative estimate of drug-likeness (QED) is 0.762. The van der Waals surface area contributed by atoms with Gasteiger partial charge in [-0.2, -0.15) is 0 Å². The molecule has 1 aliphatic rings. The summed E-state index contributed by atoms with van der Waals surface area (Å²) in [6.45, 7) is 5.81. The Hall–Kier alpha value is -1.77. The van der Waals surface area contributed by atoms with Crippen LogP contribution in [0.3, 0.4) is 0 Å². The summed E-state index contributed by atoms with van der Waals surface area (Å²) in [5.74, 6) is 0. The molecule has 1 fully saturated rings. The molecule has 1 aromatic carbocycles. The van der Waals surface area contributed by atoms with E-state index in [1.165, 1.54) is 4.90 Å². The molecule has 1 unspecified atom stereocenters. The number of hydrogen-bond acceptors (Lipinski definition) is 2. The van der Waals surface area contributed by atoms with Crippen molar-refractivity contribution in [2.24, 2.45) is 0 Å². The number of benzene rings is 1. The zero-order valence-electron chi connectivity index (χ0n) is 9.56. The summed E-state index contributed by atoms with van der Waals surface area (Å²) in [6.07, 6.45) is 0.325. The molecule has 1 saturated heterocycles. The number of carbonyl (C=O) groups excluding carboxylic acids is 1. The van der Waals surface area contributed by atoms with Crippen LogP contribution in [-0.2, 0) is 11.2 Å². The molecule has 1 atom stereocenters. The van der Waals surface area contributed by atoms with Gasteiger partial charge in [-0.05, 0) is 12.5 Å². The van der Waals surface area contributed by atoms with E-state index >= 15 is 0 Å². The van der Waals surface area contributed by atoms with E-state index < -0.39 is 5.60 Å². The van der Waals surface area contributed by atoms with Crippen LogP contribution >= 0.6 is 0 Å². The van der Waals surface area contributed by atoms with Crippen LogP contribution in [0.2, 0.25) is 0 Å². The topological polar surface area (TPSA) is 29.5 Å². The van der Waals surface area contributed by atoms with Crippen LogP contribution in [0.1, 0.15) is 12.5 Å². The van der Waals surface area contributed by atoms with Crippen LogP contribution in [0, 0.1) is 0 Å². The maximum absolute atomic E-state index is 11.4. The Morgan fingerprint density at radius 3 is 2.50 bits per heavy atom. The van der Waals surface area contributed by atoms with Gasteiger partial charge in [-0.25, -0.2) is 4.79 Å². The molecule has 0 aromatic heterocycles. The van der Waals surface area contributed by atoms with Crippen molar-refractivity contribution in [1.82, 2.24) is 4.90 Å². The second-order valence-electron chi connectivity index (χ2n) is 4.27. The number of carbonyl (C=O) groups is 1. The van der Waals surface area contributed by atoms with Gasteiger partial charge in [0.05, 0.1) is 5.70 Å². The summed E-state index contributed by atoms with van der Waals surface area (Å²) in [7, 11) is 1.68. The second-order valence-corrected chi connectivity index (χ2v) is 4.27. The third-order valence-corrected chi connectivity index (χ3v) is 2.99. The van der Waals surface area contributed by atoms with Gasteiger partial charge in [0, 0.05) is 13.5 Å². The Kier molecular flexibility index (Phi) is 2.46. The molecule has 0 N–H and O–H groups in total. The van der Waals surface area contributed by atoms with E-state index in [0.29, 0.717) is 12.1 Å². The molecule has 1 heterocycles. The Labute approximate surface area is 95.3 Å². The van der Waals surface area contributed by atoms with Crippen LogP contribution in [-0.4, -0.2) is 23.6 Å². The number of nitrogens with zero attached hydrogens (tertiary/aromatic N) is 1. The predicted molar refractivity (Wildman–Crippen MR) is 61.9 cm³/mol. The largest absolute Gasteiger partial charge is 0.436 e. The Balaban J connectivity index is 2.22. The first-order valence-electron chi connectivity index (χ1n) is 5.23. The predicted octanol–water partition coefficient (Wildman–Crippen LogP) is 2.58. The Morgan fingerprint density at radius 1 is 1.38 bits per heavy atom. The molecule has 16 heavy (non-hydrogen) atoms. The highest BCUT2D eigenvalue weighted by Gasteiger charge is 2.43. The molecule has 0 radical (unpaired) electrons. The zero-order valence-corrected chi connectivity index (χ0v) is 9.56. The van der Waals surface area contributed by atoms with E-state index in [0.717, 1.165) is 5.56 Å². The first kappa shape index (κ1) is 10.7. The molecular weight excluding hydrogens is 202 g/mol. The molecule has 1 aromatic rings. The molecule has 84 valence electrons. The second kappa shape index (κ2) is 3.67. The molecular formula is C13H15NO2. The van der Waals surface area contributed by atoms with Crippen molar-refractivity contribution in [3.8, 4) is 0 Å². The van der Waals surface area contributed by atoms with Crippen LogP contribution < -0.4 is 0 Å². The number of cyclic esters (lactones) is 1. The van der Waals surface area contributed by atoms with Crippen LogP contribution in [0.15, 0.2) is 42.6 Å². The van der Waals surface area contributed by atoms with Gasteiger partial charge in [-0.1, -0.05) is 36.9 Å². The van der Waals surface area contributed by atoms with Gasteiger partial charge in [0.1, 0.15) is 0 Å². The highest BCUT2D eigenvalue weighted by atomic mass is 16.6. The Bertz CT molecular complexity index is 427. The van der Waals surface area contributed by atoms with Gasteiger partial charge in [-0.3, -0.25) is 4.90 Å². The summed E-state index contributed by atoms with van der Waals surface area (Å²) in [4.78, 5) is 12.9. The summed E-state index contributed by atoms with van der Waals surface area (Å²) in [6, 6.07) is 9.95. The lowest BCUT2D eigenvalue weighted by molar-refractivity contribution is 0.0823. The fraction of sp³-hybridized carbons (Fsp3) is 0.308. The SMILES string of the molecule is C=C1N(C)C(=O)OC1(C)Cc1ccccc1. The molecule has 1 aliphatic heterocycles. The summed E-state index contributed by atoms with van der Waals surface area (Å²) < 4.78 is 5.36. The van der Waals surface area contributed by atoms with Crippen molar-refractivity contribution in [1.29, 1.82) is 0 Å². The van der Waals surface area contributed by atoms with E-state index in [2.05, 4.69) is 6.58 Å². The van der Waals surface area contributed by atoms with Gasteiger partial charge in [-0.15, -0.1) is 0 Å². The van der Waals surface area contributed by atoms with Crippen molar-refractivity contribution < 1.29 is 9.53 Å². The summed E-state index contributed by atoms with van der Waals surface area (Å²) in [5.41, 5.74) is 1.23. The van der Waals surface area contributed by atoms with Gasteiger partial charge in [0.2, 0.25) is 0 Å². The summed E-state index contributed by atoms with van der Waals surface area (Å²) in [5, 5.41) is 0. The fourth-order valence-electron chi connectivity index (χ4n) is 1.91. The molecule has 0 spiro atoms. The van der Waals surface area contributed by atoms with Crippen LogP contribution in [0.25, 0.3) is 0 Å². The van der Waals surface area contributed by atoms with E-state index in [1.54, 1.807) is 7.05 Å². The Morgan fingerprint density at radius 2 is 2.00 bits per heavy atom. The highest BCUT2D eigenvalue weighted by molar-refractivity contribution is 5.74. The van der Waals surface area contributed by atoms with Crippen molar-refractivity contribution in [2.45, 2.75) is 18.9 Å². The average Bonchev–Trinajstić information content (AvgIpc) is 2.44. The van der Waals surface area contributed by atoms with E-state index in [1.807, 2.05) is 37.3 Å². The lowest BCUT2D eigenvalue weighted by Gasteiger charge is -2.23. The smallest absolute Gasteiger partial charge is 0.414 e. The number of ether oxygens (including phenoxy) is 1. The van der Waals surface area contributed by atoms with Gasteiger partial charge in [0.15, 0.2) is 5.60 Å². The maximum Gasteiger partial charge on any atom is 0.414 e. The van der Waals surface area contributed by atoms with Crippen molar-refractivity contribution in [3.63, 3.8) is 0 Å². The first-order chi connectivity index (χ1) is 7.53. The van der Waals surface area contributed by atoms with E-state index in [-0.39, 0.29) is 6.09 Å². The van der Waals surface area contributed by atoms with E-state index in [4.69, 9.17) is 4.74 Å². The fourth-order valence-corrected chi connectivity index (χ4v) is 1.91. The minimum atomic E-state index is -0.618. The van der Waals surface area contributed by atoms with Crippen molar-refractivity contribution >= 4 is 6.09 Å². The van der Waals surface area contributed by atoms with Crippen LogP contribution in [0.4, 0.5) is 4.79 Å². The molecule has 3 nitrogen and oxygen atoms in total. The van der Waals surface area contributed by atoms with Gasteiger partial charge in [0.25, 0.3) is 0 Å². The third kappa shape index (κ3) is 1.69. The molecule has 0 bridgehead atoms. The number of likely N-dealkylation sites (N-methyl/N-ethyl adjacent to an activating group) is 1. The normalized spacial score (nSPS) is 24.8. The van der Waals surface area contributed by atoms with Crippen LogP contribution in [0.5, 0.6) is 0 Å². The summed E-state index contributed by atoms with van der Waals surface area (Å²) >= 11 is 0. The molecule has 1 amide bonds. The lowest BCUT2D eigenvalue weighted by atomic mass is 9.94. The molecule has 0 aliphatic carbocycles. The lowest BCUT2D eigenvalue weighted by Crippen LogP contribution is -2.29. The zero-order chi connectivity index (χ0) is 11.8. The molecule has 2 rings (SSSR count). The monoisotopic (exact) mass is 217 g/mol. The van der Waals surface area contributed by atoms with E-state index in [9.17, 15) is 4.79 Å². The van der Waals surface area contributed by atoms with Gasteiger partial charge >= 0.3 is 6.09 Å². The number of amides is 1. The van der Waals surface area contributed by atoms with Crippen molar-refractivity contribution in [2.75, 3.05) is 7.05 Å². The third-order valence-electron chi connectivity index (χ3n) is 2.99. The maximum atomic E-state index is 11.4. The number of hydrogen-bond donors (Lipinski definition) is 0. The average molecular weight is 217 g/mol.